The number of hydrogen-bond acceptors (Lipinski definition) is 4. The summed E-state index contributed by atoms with van der Waals surface area (Å²) in [6, 6.07) is 5.90. The fourth-order valence-electron chi connectivity index (χ4n) is 2.81. The van der Waals surface area contributed by atoms with Crippen molar-refractivity contribution >= 4 is 22.9 Å². The topological polar surface area (TPSA) is 45.2 Å². The van der Waals surface area contributed by atoms with Gasteiger partial charge in [-0.25, -0.2) is 9.37 Å². The molecular formula is C17H20FN3OS. The molecule has 6 heteroatoms. The van der Waals surface area contributed by atoms with E-state index in [9.17, 15) is 9.18 Å². The molecule has 0 unspecified atom stereocenters. The summed E-state index contributed by atoms with van der Waals surface area (Å²) in [4.78, 5) is 20.3. The molecule has 1 aromatic carbocycles. The first-order chi connectivity index (χ1) is 11.1. The Bertz CT molecular complexity index is 663. The number of nitrogens with one attached hydrogen (secondary N) is 1. The lowest BCUT2D eigenvalue weighted by Crippen LogP contribution is -2.37. The number of carbonyl (C=O) groups excluding carboxylic acids is 1. The van der Waals surface area contributed by atoms with Crippen LogP contribution in [0.1, 0.15) is 23.4 Å². The zero-order valence-corrected chi connectivity index (χ0v) is 13.9. The molecule has 1 aliphatic heterocycles. The molecule has 23 heavy (non-hydrogen) atoms. The summed E-state index contributed by atoms with van der Waals surface area (Å²) in [6.45, 7) is 4.79. The number of anilines is 1. The number of thiazole rings is 1. The molecule has 0 saturated carbocycles. The number of aryl methyl sites for hydroxylation is 1. The van der Waals surface area contributed by atoms with Crippen molar-refractivity contribution in [3.63, 3.8) is 0 Å². The maximum atomic E-state index is 12.9. The van der Waals surface area contributed by atoms with E-state index in [1.54, 1.807) is 23.5 Å². The third-order valence-corrected chi connectivity index (χ3v) is 5.20. The number of likely N-dealkylation sites (tertiary alicyclic amines) is 1. The van der Waals surface area contributed by atoms with Crippen LogP contribution in [0, 0.1) is 18.7 Å². The zero-order chi connectivity index (χ0) is 16.2. The second kappa shape index (κ2) is 7.19. The summed E-state index contributed by atoms with van der Waals surface area (Å²) in [5.74, 6) is -0.237. The van der Waals surface area contributed by atoms with E-state index in [1.807, 2.05) is 12.4 Å². The minimum Gasteiger partial charge on any atom is -0.326 e. The first-order valence-corrected chi connectivity index (χ1v) is 8.67. The molecule has 0 bridgehead atoms. The predicted octanol–water partition coefficient (Wildman–Crippen LogP) is 3.44. The standard InChI is InChI=1S/C17H20FN3OS/c1-12-16(23-11-19-12)10-21-8-6-13(7-9-21)17(22)20-15-4-2-14(18)3-5-15/h2-5,11,13H,6-10H2,1H3,(H,20,22). The second-order valence-corrected chi connectivity index (χ2v) is 6.85. The maximum Gasteiger partial charge on any atom is 0.227 e. The third kappa shape index (κ3) is 4.14. The summed E-state index contributed by atoms with van der Waals surface area (Å²) in [7, 11) is 0. The molecule has 1 amide bonds. The summed E-state index contributed by atoms with van der Waals surface area (Å²) in [6.07, 6.45) is 1.70. The van der Waals surface area contributed by atoms with Crippen LogP contribution in [-0.2, 0) is 11.3 Å². The molecule has 1 aliphatic rings. The average Bonchev–Trinajstić information content (AvgIpc) is 2.95. The lowest BCUT2D eigenvalue weighted by molar-refractivity contribution is -0.121. The quantitative estimate of drug-likeness (QED) is 0.932. The smallest absolute Gasteiger partial charge is 0.227 e. The van der Waals surface area contributed by atoms with E-state index in [2.05, 4.69) is 15.2 Å². The van der Waals surface area contributed by atoms with Crippen LogP contribution in [0.4, 0.5) is 10.1 Å². The van der Waals surface area contributed by atoms with Crippen LogP contribution in [-0.4, -0.2) is 28.9 Å². The Kier molecular flexibility index (Phi) is 5.03. The summed E-state index contributed by atoms with van der Waals surface area (Å²) in [5, 5.41) is 2.88. The number of carbonyl (C=O) groups is 1. The lowest BCUT2D eigenvalue weighted by atomic mass is 9.95. The van der Waals surface area contributed by atoms with Crippen molar-refractivity contribution in [2.45, 2.75) is 26.3 Å². The van der Waals surface area contributed by atoms with E-state index in [4.69, 9.17) is 0 Å². The van der Waals surface area contributed by atoms with Gasteiger partial charge in [0.05, 0.1) is 11.2 Å². The third-order valence-electron chi connectivity index (χ3n) is 4.28. The molecule has 2 aromatic rings. The molecule has 4 nitrogen and oxygen atoms in total. The monoisotopic (exact) mass is 333 g/mol. The van der Waals surface area contributed by atoms with Gasteiger partial charge in [0.2, 0.25) is 5.91 Å². The number of rotatable bonds is 4. The molecule has 0 atom stereocenters. The van der Waals surface area contributed by atoms with Gasteiger partial charge in [-0.05, 0) is 57.1 Å². The Balaban J connectivity index is 1.49. The van der Waals surface area contributed by atoms with E-state index < -0.39 is 0 Å². The number of nitrogens with zero attached hydrogens (tertiary/aromatic N) is 2. The highest BCUT2D eigenvalue weighted by Gasteiger charge is 2.25. The number of halogens is 1. The van der Waals surface area contributed by atoms with Gasteiger partial charge in [-0.3, -0.25) is 9.69 Å². The molecule has 0 aliphatic carbocycles. The highest BCUT2D eigenvalue weighted by molar-refractivity contribution is 7.09. The molecule has 1 saturated heterocycles. The van der Waals surface area contributed by atoms with E-state index in [1.165, 1.54) is 17.0 Å². The number of aromatic nitrogens is 1. The van der Waals surface area contributed by atoms with Crippen LogP contribution in [0.25, 0.3) is 0 Å². The van der Waals surface area contributed by atoms with E-state index in [-0.39, 0.29) is 17.6 Å². The largest absolute Gasteiger partial charge is 0.326 e. The van der Waals surface area contributed by atoms with Gasteiger partial charge in [-0.2, -0.15) is 0 Å². The van der Waals surface area contributed by atoms with Crippen molar-refractivity contribution in [2.24, 2.45) is 5.92 Å². The first-order valence-electron chi connectivity index (χ1n) is 7.79. The van der Waals surface area contributed by atoms with Crippen molar-refractivity contribution in [3.05, 3.63) is 46.2 Å². The number of hydrogen-bond donors (Lipinski definition) is 1. The predicted molar refractivity (Wildman–Crippen MR) is 89.9 cm³/mol. The summed E-state index contributed by atoms with van der Waals surface area (Å²) < 4.78 is 12.9. The zero-order valence-electron chi connectivity index (χ0n) is 13.1. The molecular weight excluding hydrogens is 313 g/mol. The molecule has 2 heterocycles. The minimum absolute atomic E-state index is 0.0267. The Labute approximate surface area is 139 Å². The fourth-order valence-corrected chi connectivity index (χ4v) is 3.63. The van der Waals surface area contributed by atoms with Crippen LogP contribution < -0.4 is 5.32 Å². The van der Waals surface area contributed by atoms with Gasteiger partial charge in [0.25, 0.3) is 0 Å². The van der Waals surface area contributed by atoms with Gasteiger partial charge in [-0.1, -0.05) is 0 Å². The van der Waals surface area contributed by atoms with Crippen molar-refractivity contribution < 1.29 is 9.18 Å². The van der Waals surface area contributed by atoms with Gasteiger partial charge >= 0.3 is 0 Å². The fraction of sp³-hybridized carbons (Fsp3) is 0.412. The highest BCUT2D eigenvalue weighted by atomic mass is 32.1. The van der Waals surface area contributed by atoms with E-state index >= 15 is 0 Å². The van der Waals surface area contributed by atoms with Crippen molar-refractivity contribution in [1.82, 2.24) is 9.88 Å². The van der Waals surface area contributed by atoms with Crippen molar-refractivity contribution in [1.29, 1.82) is 0 Å². The Hall–Kier alpha value is -1.79. The normalized spacial score (nSPS) is 16.4. The maximum absolute atomic E-state index is 12.9. The summed E-state index contributed by atoms with van der Waals surface area (Å²) >= 11 is 1.69. The first kappa shape index (κ1) is 16.1. The van der Waals surface area contributed by atoms with Crippen molar-refractivity contribution in [2.75, 3.05) is 18.4 Å². The average molecular weight is 333 g/mol. The number of benzene rings is 1. The van der Waals surface area contributed by atoms with Gasteiger partial charge in [-0.15, -0.1) is 11.3 Å². The van der Waals surface area contributed by atoms with E-state index in [0.29, 0.717) is 5.69 Å². The second-order valence-electron chi connectivity index (χ2n) is 5.91. The van der Waals surface area contributed by atoms with Gasteiger partial charge in [0.15, 0.2) is 0 Å². The van der Waals surface area contributed by atoms with Gasteiger partial charge in [0.1, 0.15) is 5.82 Å². The number of piperidine rings is 1. The molecule has 3 rings (SSSR count). The molecule has 1 aromatic heterocycles. The van der Waals surface area contributed by atoms with Gasteiger partial charge in [0, 0.05) is 23.0 Å². The Morgan fingerprint density at radius 1 is 1.35 bits per heavy atom. The van der Waals surface area contributed by atoms with Crippen LogP contribution in [0.5, 0.6) is 0 Å². The molecule has 1 fully saturated rings. The van der Waals surface area contributed by atoms with Crippen LogP contribution in [0.2, 0.25) is 0 Å². The van der Waals surface area contributed by atoms with Gasteiger partial charge < -0.3 is 5.32 Å². The Morgan fingerprint density at radius 3 is 2.65 bits per heavy atom. The highest BCUT2D eigenvalue weighted by Crippen LogP contribution is 2.23. The molecule has 0 radical (unpaired) electrons. The Morgan fingerprint density at radius 2 is 2.04 bits per heavy atom. The SMILES string of the molecule is Cc1ncsc1CN1CCC(C(=O)Nc2ccc(F)cc2)CC1. The number of amides is 1. The minimum atomic E-state index is -0.297. The van der Waals surface area contributed by atoms with Crippen LogP contribution >= 0.6 is 11.3 Å². The summed E-state index contributed by atoms with van der Waals surface area (Å²) in [5.41, 5.74) is 3.64. The van der Waals surface area contributed by atoms with E-state index in [0.717, 1.165) is 38.2 Å². The lowest BCUT2D eigenvalue weighted by Gasteiger charge is -2.31. The van der Waals surface area contributed by atoms with Crippen LogP contribution in [0.3, 0.4) is 0 Å². The van der Waals surface area contributed by atoms with Crippen LogP contribution in [0.15, 0.2) is 29.8 Å². The molecule has 0 spiro atoms. The van der Waals surface area contributed by atoms with Crippen molar-refractivity contribution in [3.8, 4) is 0 Å². The molecule has 122 valence electrons. The molecule has 1 N–H and O–H groups in total.